The van der Waals surface area contributed by atoms with Crippen LogP contribution >= 0.6 is 11.3 Å². The molecule has 2 aromatic rings. The molecule has 64 valence electrons. The number of aromatic hydroxyl groups is 1. The second-order valence-corrected chi connectivity index (χ2v) is 3.58. The Morgan fingerprint density at radius 3 is 2.85 bits per heavy atom. The van der Waals surface area contributed by atoms with Crippen LogP contribution in [0.3, 0.4) is 0 Å². The van der Waals surface area contributed by atoms with Crippen LogP contribution in [0.25, 0.3) is 10.1 Å². The maximum Gasteiger partial charge on any atom is 0.177 e. The van der Waals surface area contributed by atoms with Gasteiger partial charge in [-0.1, -0.05) is 0 Å². The Kier molecular flexibility index (Phi) is 1.67. The summed E-state index contributed by atoms with van der Waals surface area (Å²) in [7, 11) is 0. The molecule has 0 fully saturated rings. The van der Waals surface area contributed by atoms with Crippen molar-refractivity contribution in [1.29, 1.82) is 5.26 Å². The van der Waals surface area contributed by atoms with E-state index in [1.54, 1.807) is 6.07 Å². The van der Waals surface area contributed by atoms with E-state index in [2.05, 4.69) is 0 Å². The Balaban J connectivity index is 2.85. The monoisotopic (exact) mass is 193 g/mol. The summed E-state index contributed by atoms with van der Waals surface area (Å²) >= 11 is 0.872. The number of benzene rings is 1. The van der Waals surface area contributed by atoms with Crippen molar-refractivity contribution in [2.24, 2.45) is 0 Å². The maximum atomic E-state index is 12.8. The summed E-state index contributed by atoms with van der Waals surface area (Å²) in [6, 6.07) is 6.08. The van der Waals surface area contributed by atoms with E-state index in [9.17, 15) is 9.50 Å². The SMILES string of the molecule is N#Cc1cc(O)c2sc(F)cc2c1. The molecular formula is C9H4FNOS. The van der Waals surface area contributed by atoms with Crippen LogP contribution in [0.5, 0.6) is 5.75 Å². The fourth-order valence-electron chi connectivity index (χ4n) is 1.17. The topological polar surface area (TPSA) is 44.0 Å². The normalized spacial score (nSPS) is 10.2. The van der Waals surface area contributed by atoms with Crippen molar-refractivity contribution >= 4 is 21.4 Å². The molecule has 0 amide bonds. The van der Waals surface area contributed by atoms with Crippen molar-refractivity contribution in [3.8, 4) is 11.8 Å². The van der Waals surface area contributed by atoms with Gasteiger partial charge < -0.3 is 5.11 Å². The first-order valence-electron chi connectivity index (χ1n) is 3.53. The van der Waals surface area contributed by atoms with E-state index in [1.165, 1.54) is 12.1 Å². The van der Waals surface area contributed by atoms with Gasteiger partial charge in [0.05, 0.1) is 16.3 Å². The largest absolute Gasteiger partial charge is 0.506 e. The van der Waals surface area contributed by atoms with Crippen molar-refractivity contribution < 1.29 is 9.50 Å². The molecule has 1 aromatic heterocycles. The number of halogens is 1. The minimum absolute atomic E-state index is 0.0389. The van der Waals surface area contributed by atoms with E-state index in [1.807, 2.05) is 6.07 Å². The highest BCUT2D eigenvalue weighted by molar-refractivity contribution is 7.17. The van der Waals surface area contributed by atoms with Gasteiger partial charge in [0.1, 0.15) is 5.75 Å². The van der Waals surface area contributed by atoms with Crippen molar-refractivity contribution in [3.05, 3.63) is 28.9 Å². The lowest BCUT2D eigenvalue weighted by atomic mass is 10.2. The lowest BCUT2D eigenvalue weighted by Gasteiger charge is -1.94. The third-order valence-electron chi connectivity index (χ3n) is 1.70. The molecule has 0 bridgehead atoms. The summed E-state index contributed by atoms with van der Waals surface area (Å²) in [5.41, 5.74) is 0.336. The molecule has 0 aliphatic carbocycles. The Morgan fingerprint density at radius 2 is 2.15 bits per heavy atom. The molecule has 0 saturated heterocycles. The molecule has 1 aromatic carbocycles. The van der Waals surface area contributed by atoms with E-state index in [-0.39, 0.29) is 10.9 Å². The number of phenolic OH excluding ortho intramolecular Hbond substituents is 1. The molecule has 1 heterocycles. The number of hydrogen-bond donors (Lipinski definition) is 1. The van der Waals surface area contributed by atoms with Gasteiger partial charge in [0.2, 0.25) is 0 Å². The summed E-state index contributed by atoms with van der Waals surface area (Å²) in [6.45, 7) is 0. The quantitative estimate of drug-likeness (QED) is 0.698. The molecule has 0 aliphatic heterocycles. The second-order valence-electron chi connectivity index (χ2n) is 2.58. The third-order valence-corrected chi connectivity index (χ3v) is 2.66. The van der Waals surface area contributed by atoms with Crippen molar-refractivity contribution in [1.82, 2.24) is 0 Å². The first-order chi connectivity index (χ1) is 6.20. The Morgan fingerprint density at radius 1 is 1.38 bits per heavy atom. The van der Waals surface area contributed by atoms with E-state index in [0.717, 1.165) is 11.3 Å². The first kappa shape index (κ1) is 8.02. The van der Waals surface area contributed by atoms with Gasteiger partial charge in [-0.05, 0) is 18.2 Å². The molecule has 2 nitrogen and oxygen atoms in total. The van der Waals surface area contributed by atoms with Crippen molar-refractivity contribution in [2.45, 2.75) is 0 Å². The predicted octanol–water partition coefficient (Wildman–Crippen LogP) is 2.62. The van der Waals surface area contributed by atoms with Crippen LogP contribution in [0.15, 0.2) is 18.2 Å². The molecule has 4 heteroatoms. The highest BCUT2D eigenvalue weighted by Crippen LogP contribution is 2.32. The van der Waals surface area contributed by atoms with Gasteiger partial charge in [-0.15, -0.1) is 11.3 Å². The third kappa shape index (κ3) is 1.23. The zero-order chi connectivity index (χ0) is 9.42. The van der Waals surface area contributed by atoms with Gasteiger partial charge in [-0.25, -0.2) is 0 Å². The van der Waals surface area contributed by atoms with E-state index in [4.69, 9.17) is 5.26 Å². The Hall–Kier alpha value is -1.60. The molecule has 0 aliphatic rings. The Labute approximate surface area is 77.5 Å². The zero-order valence-electron chi connectivity index (χ0n) is 6.41. The van der Waals surface area contributed by atoms with Crippen molar-refractivity contribution in [3.63, 3.8) is 0 Å². The number of nitrogens with zero attached hydrogens (tertiary/aromatic N) is 1. The zero-order valence-corrected chi connectivity index (χ0v) is 7.23. The summed E-state index contributed by atoms with van der Waals surface area (Å²) in [5.74, 6) is -0.0389. The van der Waals surface area contributed by atoms with Gasteiger partial charge >= 0.3 is 0 Å². The maximum absolute atomic E-state index is 12.8. The fraction of sp³-hybridized carbons (Fsp3) is 0. The molecule has 0 radical (unpaired) electrons. The van der Waals surface area contributed by atoms with Crippen LogP contribution in [0, 0.1) is 16.5 Å². The molecular weight excluding hydrogens is 189 g/mol. The summed E-state index contributed by atoms with van der Waals surface area (Å²) in [5, 5.41) is 18.2. The number of rotatable bonds is 0. The minimum atomic E-state index is -0.361. The summed E-state index contributed by atoms with van der Waals surface area (Å²) in [4.78, 5) is 0. The summed E-state index contributed by atoms with van der Waals surface area (Å²) < 4.78 is 13.2. The number of fused-ring (bicyclic) bond motifs is 1. The van der Waals surface area contributed by atoms with Crippen LogP contribution in [0.2, 0.25) is 0 Å². The molecule has 0 spiro atoms. The molecule has 0 saturated carbocycles. The highest BCUT2D eigenvalue weighted by Gasteiger charge is 2.07. The average molecular weight is 193 g/mol. The van der Waals surface area contributed by atoms with Gasteiger partial charge in [0.25, 0.3) is 0 Å². The van der Waals surface area contributed by atoms with Gasteiger partial charge in [0, 0.05) is 5.39 Å². The number of thiophene rings is 1. The predicted molar refractivity (Wildman–Crippen MR) is 48.2 cm³/mol. The van der Waals surface area contributed by atoms with E-state index < -0.39 is 0 Å². The van der Waals surface area contributed by atoms with Gasteiger partial charge in [-0.3, -0.25) is 0 Å². The summed E-state index contributed by atoms with van der Waals surface area (Å²) in [6.07, 6.45) is 0. The standard InChI is InChI=1S/C9H4FNOS/c10-8-3-6-1-5(4-11)2-7(12)9(6)13-8/h1-3,12H. The van der Waals surface area contributed by atoms with Crippen molar-refractivity contribution in [2.75, 3.05) is 0 Å². The highest BCUT2D eigenvalue weighted by atomic mass is 32.1. The van der Waals surface area contributed by atoms with Gasteiger partial charge in [-0.2, -0.15) is 9.65 Å². The molecule has 13 heavy (non-hydrogen) atoms. The second kappa shape index (κ2) is 2.71. The van der Waals surface area contributed by atoms with Crippen LogP contribution < -0.4 is 0 Å². The van der Waals surface area contributed by atoms with Crippen LogP contribution in [-0.2, 0) is 0 Å². The molecule has 1 N–H and O–H groups in total. The molecule has 2 rings (SSSR count). The molecule has 0 unspecified atom stereocenters. The Bertz CT molecular complexity index is 512. The minimum Gasteiger partial charge on any atom is -0.506 e. The van der Waals surface area contributed by atoms with Crippen LogP contribution in [-0.4, -0.2) is 5.11 Å². The van der Waals surface area contributed by atoms with E-state index in [0.29, 0.717) is 15.6 Å². The first-order valence-corrected chi connectivity index (χ1v) is 4.34. The average Bonchev–Trinajstić information content (AvgIpc) is 2.46. The molecule has 0 atom stereocenters. The number of nitriles is 1. The van der Waals surface area contributed by atoms with E-state index >= 15 is 0 Å². The smallest absolute Gasteiger partial charge is 0.177 e. The lowest BCUT2D eigenvalue weighted by molar-refractivity contribution is 0.482. The fourth-order valence-corrected chi connectivity index (χ4v) is 1.95. The number of phenols is 1. The van der Waals surface area contributed by atoms with Gasteiger partial charge in [0.15, 0.2) is 5.13 Å². The number of hydrogen-bond acceptors (Lipinski definition) is 3. The van der Waals surface area contributed by atoms with Crippen LogP contribution in [0.1, 0.15) is 5.56 Å². The lowest BCUT2D eigenvalue weighted by Crippen LogP contribution is -1.73. The van der Waals surface area contributed by atoms with Crippen LogP contribution in [0.4, 0.5) is 4.39 Å².